The van der Waals surface area contributed by atoms with E-state index in [0.717, 1.165) is 5.56 Å². The van der Waals surface area contributed by atoms with Gasteiger partial charge in [-0.1, -0.05) is 30.3 Å². The van der Waals surface area contributed by atoms with Crippen LogP contribution in [0.5, 0.6) is 0 Å². The molecule has 4 atom stereocenters. The summed E-state index contributed by atoms with van der Waals surface area (Å²) in [6.07, 6.45) is 0.986. The summed E-state index contributed by atoms with van der Waals surface area (Å²) in [7, 11) is 2.07. The van der Waals surface area contributed by atoms with Crippen LogP contribution < -0.4 is 0 Å². The van der Waals surface area contributed by atoms with E-state index >= 15 is 0 Å². The molecule has 0 N–H and O–H groups in total. The lowest BCUT2D eigenvalue weighted by Gasteiger charge is -2.32. The number of carbonyl (C=O) groups is 1. The number of hydrogen-bond donors (Lipinski definition) is 0. The minimum atomic E-state index is -0.275. The third-order valence-electron chi connectivity index (χ3n) is 4.64. The molecule has 4 unspecified atom stereocenters. The predicted octanol–water partition coefficient (Wildman–Crippen LogP) is 1.51. The van der Waals surface area contributed by atoms with Crippen LogP contribution in [0.25, 0.3) is 0 Å². The number of rotatable bonds is 1. The molecule has 1 aromatic rings. The van der Waals surface area contributed by atoms with Crippen molar-refractivity contribution in [3.05, 3.63) is 35.9 Å². The fourth-order valence-corrected chi connectivity index (χ4v) is 3.64. The van der Waals surface area contributed by atoms with Gasteiger partial charge in [0.1, 0.15) is 18.0 Å². The van der Waals surface area contributed by atoms with Gasteiger partial charge in [-0.25, -0.2) is 0 Å². The number of benzene rings is 1. The summed E-state index contributed by atoms with van der Waals surface area (Å²) in [6, 6.07) is 10.4. The van der Waals surface area contributed by atoms with Gasteiger partial charge in [-0.05, 0) is 7.05 Å². The largest absolute Gasteiger partial charge is 0.341 e. The van der Waals surface area contributed by atoms with E-state index in [0.29, 0.717) is 18.6 Å². The molecule has 100 valence electrons. The summed E-state index contributed by atoms with van der Waals surface area (Å²) in [5.41, 5.74) is 1.06. The first-order valence-corrected chi connectivity index (χ1v) is 6.83. The number of hydrogen-bond acceptors (Lipinski definition) is 4. The van der Waals surface area contributed by atoms with Crippen molar-refractivity contribution < 1.29 is 14.3 Å². The highest BCUT2D eigenvalue weighted by molar-refractivity contribution is 5.81. The first kappa shape index (κ1) is 11.6. The van der Waals surface area contributed by atoms with Crippen molar-refractivity contribution in [2.45, 2.75) is 43.4 Å². The molecule has 3 aliphatic heterocycles. The molecule has 0 radical (unpaired) electrons. The fourth-order valence-electron chi connectivity index (χ4n) is 3.64. The normalized spacial score (nSPS) is 41.5. The van der Waals surface area contributed by atoms with E-state index in [1.807, 2.05) is 30.3 Å². The van der Waals surface area contributed by atoms with Crippen molar-refractivity contribution in [1.82, 2.24) is 4.90 Å². The molecule has 0 aliphatic carbocycles. The lowest BCUT2D eigenvalue weighted by Crippen LogP contribution is -2.44. The second-order valence-corrected chi connectivity index (χ2v) is 5.69. The van der Waals surface area contributed by atoms with Crippen molar-refractivity contribution in [2.75, 3.05) is 7.05 Å². The van der Waals surface area contributed by atoms with Crippen LogP contribution in [0, 0.1) is 0 Å². The molecule has 3 aliphatic rings. The molecule has 3 saturated heterocycles. The smallest absolute Gasteiger partial charge is 0.184 e. The molecule has 4 heteroatoms. The maximum Gasteiger partial charge on any atom is 0.184 e. The Morgan fingerprint density at radius 1 is 1.05 bits per heavy atom. The Labute approximate surface area is 112 Å². The van der Waals surface area contributed by atoms with Crippen molar-refractivity contribution in [1.29, 1.82) is 0 Å². The highest BCUT2D eigenvalue weighted by Gasteiger charge is 2.57. The summed E-state index contributed by atoms with van der Waals surface area (Å²) in [4.78, 5) is 14.0. The van der Waals surface area contributed by atoms with E-state index in [4.69, 9.17) is 9.47 Å². The lowest BCUT2D eigenvalue weighted by molar-refractivity contribution is -0.133. The summed E-state index contributed by atoms with van der Waals surface area (Å²) in [5.74, 6) is 0.339. The van der Waals surface area contributed by atoms with Gasteiger partial charge < -0.3 is 9.47 Å². The third-order valence-corrected chi connectivity index (χ3v) is 4.64. The van der Waals surface area contributed by atoms with Crippen molar-refractivity contribution in [3.8, 4) is 0 Å². The van der Waals surface area contributed by atoms with Crippen LogP contribution in [0.15, 0.2) is 30.3 Å². The second kappa shape index (κ2) is 4.13. The number of piperidine rings is 1. The minimum absolute atomic E-state index is 0.0339. The Bertz CT molecular complexity index is 479. The topological polar surface area (TPSA) is 38.8 Å². The monoisotopic (exact) mass is 259 g/mol. The third kappa shape index (κ3) is 1.67. The number of ether oxygens (including phenoxy) is 2. The number of likely N-dealkylation sites (N-methyl/N-ethyl adjacent to an activating group) is 1. The van der Waals surface area contributed by atoms with Gasteiger partial charge in [-0.15, -0.1) is 0 Å². The Morgan fingerprint density at radius 2 is 1.63 bits per heavy atom. The predicted molar refractivity (Wildman–Crippen MR) is 68.5 cm³/mol. The molecule has 3 heterocycles. The fraction of sp³-hybridized carbons (Fsp3) is 0.533. The van der Waals surface area contributed by atoms with Crippen molar-refractivity contribution in [3.63, 3.8) is 0 Å². The molecule has 2 bridgehead atoms. The number of Topliss-reactive ketones (excluding diaryl/α,β-unsaturated/α-hetero) is 1. The lowest BCUT2D eigenvalue weighted by atomic mass is 10.0. The molecule has 0 aromatic heterocycles. The van der Waals surface area contributed by atoms with Gasteiger partial charge in [0, 0.05) is 30.5 Å². The van der Waals surface area contributed by atoms with Crippen molar-refractivity contribution in [2.24, 2.45) is 0 Å². The molecule has 4 nitrogen and oxygen atoms in total. The van der Waals surface area contributed by atoms with Gasteiger partial charge in [0.15, 0.2) is 6.29 Å². The number of carbonyl (C=O) groups excluding carboxylic acids is 1. The van der Waals surface area contributed by atoms with Gasteiger partial charge in [-0.2, -0.15) is 0 Å². The first-order chi connectivity index (χ1) is 9.24. The van der Waals surface area contributed by atoms with E-state index in [9.17, 15) is 4.79 Å². The first-order valence-electron chi connectivity index (χ1n) is 6.83. The van der Waals surface area contributed by atoms with Gasteiger partial charge >= 0.3 is 0 Å². The maximum absolute atomic E-state index is 11.7. The highest BCUT2D eigenvalue weighted by Crippen LogP contribution is 2.45. The average Bonchev–Trinajstić information content (AvgIpc) is 2.91. The Balaban J connectivity index is 1.60. The molecule has 0 spiro atoms. The van der Waals surface area contributed by atoms with Crippen LogP contribution in [-0.2, 0) is 14.3 Å². The molecule has 1 aromatic carbocycles. The molecule has 0 amide bonds. The Kier molecular flexibility index (Phi) is 2.52. The zero-order valence-electron chi connectivity index (χ0n) is 10.9. The Hall–Kier alpha value is -1.23. The van der Waals surface area contributed by atoms with Crippen molar-refractivity contribution >= 4 is 5.78 Å². The van der Waals surface area contributed by atoms with Crippen LogP contribution in [0.2, 0.25) is 0 Å². The summed E-state index contributed by atoms with van der Waals surface area (Å²) in [6.45, 7) is 0. The second-order valence-electron chi connectivity index (χ2n) is 5.69. The minimum Gasteiger partial charge on any atom is -0.341 e. The van der Waals surface area contributed by atoms with Crippen LogP contribution in [0.3, 0.4) is 0 Å². The van der Waals surface area contributed by atoms with Crippen LogP contribution in [0.4, 0.5) is 0 Å². The number of fused-ring (bicyclic) bond motifs is 5. The van der Waals surface area contributed by atoms with Crippen LogP contribution in [0.1, 0.15) is 24.7 Å². The van der Waals surface area contributed by atoms with Gasteiger partial charge in [0.2, 0.25) is 0 Å². The maximum atomic E-state index is 11.7. The summed E-state index contributed by atoms with van der Waals surface area (Å²) in [5, 5.41) is 0. The molecule has 0 saturated carbocycles. The number of nitrogens with zero attached hydrogens (tertiary/aromatic N) is 1. The van der Waals surface area contributed by atoms with E-state index in [1.54, 1.807) is 0 Å². The van der Waals surface area contributed by atoms with Gasteiger partial charge in [-0.3, -0.25) is 9.69 Å². The van der Waals surface area contributed by atoms with E-state index < -0.39 is 0 Å². The standard InChI is InChI=1S/C15H17NO3/c1-16-11-7-10(17)8-12(16)14-13(11)18-15(19-14)9-5-3-2-4-6-9/h2-6,11-15H,7-8H2,1H3. The zero-order valence-corrected chi connectivity index (χ0v) is 10.9. The Morgan fingerprint density at radius 3 is 2.21 bits per heavy atom. The zero-order chi connectivity index (χ0) is 13.0. The number of ketones is 1. The SMILES string of the molecule is CN1C2CC(=O)CC1C1OC(c3ccccc3)OC12. The molecular formula is C15H17NO3. The molecule has 4 rings (SSSR count). The van der Waals surface area contributed by atoms with E-state index in [2.05, 4.69) is 11.9 Å². The average molecular weight is 259 g/mol. The van der Waals surface area contributed by atoms with Crippen LogP contribution in [-0.4, -0.2) is 42.0 Å². The van der Waals surface area contributed by atoms with E-state index in [1.165, 1.54) is 0 Å². The molecule has 19 heavy (non-hydrogen) atoms. The van der Waals surface area contributed by atoms with Gasteiger partial charge in [0.05, 0.1) is 0 Å². The summed E-state index contributed by atoms with van der Waals surface area (Å²) < 4.78 is 12.2. The quantitative estimate of drug-likeness (QED) is 0.766. The molecular weight excluding hydrogens is 242 g/mol. The molecule has 3 fully saturated rings. The highest BCUT2D eigenvalue weighted by atomic mass is 16.7. The van der Waals surface area contributed by atoms with Crippen LogP contribution >= 0.6 is 0 Å². The summed E-state index contributed by atoms with van der Waals surface area (Å²) >= 11 is 0. The van der Waals surface area contributed by atoms with Gasteiger partial charge in [0.25, 0.3) is 0 Å². The van der Waals surface area contributed by atoms with E-state index in [-0.39, 0.29) is 30.6 Å².